The van der Waals surface area contributed by atoms with Crippen molar-refractivity contribution in [3.05, 3.63) is 0 Å². The Morgan fingerprint density at radius 3 is 2.23 bits per heavy atom. The first kappa shape index (κ1) is 11.0. The monoisotopic (exact) mass is 203 g/mol. The van der Waals surface area contributed by atoms with Crippen molar-refractivity contribution < 1.29 is 4.79 Å². The largest absolute Gasteiger partial charge is 0.292 e. The fraction of sp³-hybridized carbons (Fsp3) is 0.900. The van der Waals surface area contributed by atoms with Crippen LogP contribution in [0.5, 0.6) is 0 Å². The quantitative estimate of drug-likeness (QED) is 0.641. The van der Waals surface area contributed by atoms with Crippen LogP contribution < -0.4 is 0 Å². The number of hydrogen-bond donors (Lipinski definition) is 0. The molecule has 1 rings (SSSR count). The summed E-state index contributed by atoms with van der Waals surface area (Å²) in [6.07, 6.45) is 1.26. The minimum absolute atomic E-state index is 0.119. The normalized spacial score (nSPS) is 32.9. The molecule has 0 saturated carbocycles. The third-order valence-corrected chi connectivity index (χ3v) is 3.09. The van der Waals surface area contributed by atoms with Gasteiger partial charge in [0.05, 0.1) is 6.04 Å². The van der Waals surface area contributed by atoms with Crippen LogP contribution in [-0.2, 0) is 4.79 Å². The van der Waals surface area contributed by atoms with Crippen molar-refractivity contribution in [2.24, 2.45) is 11.8 Å². The summed E-state index contributed by atoms with van der Waals surface area (Å²) in [6, 6.07) is -0.119. The van der Waals surface area contributed by atoms with Crippen LogP contribution in [0.1, 0.15) is 27.2 Å². The molecule has 76 valence electrons. The minimum atomic E-state index is -0.235. The van der Waals surface area contributed by atoms with Gasteiger partial charge >= 0.3 is 0 Å². The molecule has 1 aliphatic heterocycles. The van der Waals surface area contributed by atoms with E-state index in [1.807, 2.05) is 6.92 Å². The molecule has 1 heterocycles. The zero-order valence-corrected chi connectivity index (χ0v) is 9.34. The second-order valence-electron chi connectivity index (χ2n) is 4.38. The third kappa shape index (κ3) is 2.96. The second-order valence-corrected chi connectivity index (χ2v) is 4.75. The topological polar surface area (TPSA) is 20.3 Å². The Morgan fingerprint density at radius 2 is 1.85 bits per heavy atom. The van der Waals surface area contributed by atoms with Gasteiger partial charge in [0.25, 0.3) is 0 Å². The van der Waals surface area contributed by atoms with Gasteiger partial charge in [0.1, 0.15) is 0 Å². The summed E-state index contributed by atoms with van der Waals surface area (Å²) in [4.78, 5) is 13.2. The first-order chi connectivity index (χ1) is 6.00. The van der Waals surface area contributed by atoms with E-state index in [9.17, 15) is 4.79 Å². The van der Waals surface area contributed by atoms with E-state index in [0.29, 0.717) is 11.8 Å². The average molecular weight is 204 g/mol. The SMILES string of the molecule is CC1CC(C)CN(C(C)C(=O)Cl)C1. The lowest BCUT2D eigenvalue weighted by molar-refractivity contribution is -0.116. The summed E-state index contributed by atoms with van der Waals surface area (Å²) >= 11 is 5.48. The number of nitrogens with zero attached hydrogens (tertiary/aromatic N) is 1. The number of carbonyl (C=O) groups is 1. The standard InChI is InChI=1S/C10H18ClNO/c1-7-4-8(2)6-12(5-7)9(3)10(11)13/h7-9H,4-6H2,1-3H3. The van der Waals surface area contributed by atoms with Gasteiger partial charge in [-0.25, -0.2) is 0 Å². The second kappa shape index (κ2) is 4.43. The van der Waals surface area contributed by atoms with Crippen LogP contribution in [0.15, 0.2) is 0 Å². The maximum Gasteiger partial charge on any atom is 0.238 e. The maximum absolute atomic E-state index is 11.0. The molecule has 0 aromatic heterocycles. The number of carbonyl (C=O) groups excluding carboxylic acids is 1. The molecule has 13 heavy (non-hydrogen) atoms. The molecule has 1 fully saturated rings. The Bertz CT molecular complexity index is 185. The highest BCUT2D eigenvalue weighted by molar-refractivity contribution is 6.64. The van der Waals surface area contributed by atoms with Crippen molar-refractivity contribution in [2.75, 3.05) is 13.1 Å². The van der Waals surface area contributed by atoms with E-state index in [4.69, 9.17) is 11.6 Å². The maximum atomic E-state index is 11.0. The van der Waals surface area contributed by atoms with Crippen molar-refractivity contribution in [1.29, 1.82) is 0 Å². The summed E-state index contributed by atoms with van der Waals surface area (Å²) in [5, 5.41) is -0.235. The van der Waals surface area contributed by atoms with Crippen molar-refractivity contribution in [3.63, 3.8) is 0 Å². The molecule has 0 amide bonds. The Morgan fingerprint density at radius 1 is 1.38 bits per heavy atom. The van der Waals surface area contributed by atoms with Crippen molar-refractivity contribution >= 4 is 16.8 Å². The summed E-state index contributed by atoms with van der Waals surface area (Å²) < 4.78 is 0. The molecule has 0 aromatic carbocycles. The molecule has 1 aliphatic rings. The van der Waals surface area contributed by atoms with E-state index in [2.05, 4.69) is 18.7 Å². The molecule has 0 aromatic rings. The van der Waals surface area contributed by atoms with Gasteiger partial charge in [-0.05, 0) is 36.8 Å². The highest BCUT2D eigenvalue weighted by atomic mass is 35.5. The average Bonchev–Trinajstić information content (AvgIpc) is 2.01. The van der Waals surface area contributed by atoms with Crippen LogP contribution in [0.3, 0.4) is 0 Å². The van der Waals surface area contributed by atoms with Crippen LogP contribution in [0.4, 0.5) is 0 Å². The molecular weight excluding hydrogens is 186 g/mol. The summed E-state index contributed by atoms with van der Waals surface area (Å²) in [5.74, 6) is 1.37. The fourth-order valence-corrected chi connectivity index (χ4v) is 2.31. The number of halogens is 1. The Balaban J connectivity index is 2.54. The van der Waals surface area contributed by atoms with E-state index in [1.165, 1.54) is 6.42 Å². The number of piperidine rings is 1. The first-order valence-corrected chi connectivity index (χ1v) is 5.32. The molecular formula is C10H18ClNO. The van der Waals surface area contributed by atoms with Crippen LogP contribution in [0, 0.1) is 11.8 Å². The predicted octanol–water partition coefficient (Wildman–Crippen LogP) is 2.12. The number of hydrogen-bond acceptors (Lipinski definition) is 2. The smallest absolute Gasteiger partial charge is 0.238 e. The summed E-state index contributed by atoms with van der Waals surface area (Å²) in [5.41, 5.74) is 0. The highest BCUT2D eigenvalue weighted by Gasteiger charge is 2.27. The van der Waals surface area contributed by atoms with E-state index in [-0.39, 0.29) is 11.3 Å². The van der Waals surface area contributed by atoms with Crippen molar-refractivity contribution in [2.45, 2.75) is 33.2 Å². The van der Waals surface area contributed by atoms with Gasteiger partial charge in [-0.15, -0.1) is 0 Å². The Kier molecular flexibility index (Phi) is 3.74. The van der Waals surface area contributed by atoms with E-state index in [0.717, 1.165) is 13.1 Å². The van der Waals surface area contributed by atoms with E-state index >= 15 is 0 Å². The molecule has 0 aliphatic carbocycles. The molecule has 0 spiro atoms. The predicted molar refractivity (Wildman–Crippen MR) is 54.8 cm³/mol. The molecule has 3 heteroatoms. The molecule has 1 saturated heterocycles. The molecule has 3 atom stereocenters. The van der Waals surface area contributed by atoms with Crippen LogP contribution in [0.2, 0.25) is 0 Å². The molecule has 2 nitrogen and oxygen atoms in total. The van der Waals surface area contributed by atoms with Gasteiger partial charge in [-0.3, -0.25) is 9.69 Å². The first-order valence-electron chi connectivity index (χ1n) is 4.94. The highest BCUT2D eigenvalue weighted by Crippen LogP contribution is 2.22. The lowest BCUT2D eigenvalue weighted by Crippen LogP contribution is -2.46. The van der Waals surface area contributed by atoms with Gasteiger partial charge in [-0.1, -0.05) is 13.8 Å². The lowest BCUT2D eigenvalue weighted by Gasteiger charge is -2.37. The zero-order valence-electron chi connectivity index (χ0n) is 8.59. The zero-order chi connectivity index (χ0) is 10.0. The third-order valence-electron chi connectivity index (χ3n) is 2.77. The molecule has 3 unspecified atom stereocenters. The fourth-order valence-electron chi connectivity index (χ4n) is 2.17. The van der Waals surface area contributed by atoms with Gasteiger partial charge < -0.3 is 0 Å². The van der Waals surface area contributed by atoms with Crippen molar-refractivity contribution in [3.8, 4) is 0 Å². The van der Waals surface area contributed by atoms with Gasteiger partial charge in [0, 0.05) is 13.1 Å². The molecule has 0 N–H and O–H groups in total. The number of rotatable bonds is 2. The van der Waals surface area contributed by atoms with Gasteiger partial charge in [0.2, 0.25) is 5.24 Å². The Hall–Kier alpha value is -0.0800. The molecule has 0 radical (unpaired) electrons. The minimum Gasteiger partial charge on any atom is -0.292 e. The van der Waals surface area contributed by atoms with E-state index in [1.54, 1.807) is 0 Å². The summed E-state index contributed by atoms with van der Waals surface area (Å²) in [6.45, 7) is 8.36. The van der Waals surface area contributed by atoms with Crippen molar-refractivity contribution in [1.82, 2.24) is 4.90 Å². The van der Waals surface area contributed by atoms with Gasteiger partial charge in [0.15, 0.2) is 0 Å². The lowest BCUT2D eigenvalue weighted by atomic mass is 9.91. The number of likely N-dealkylation sites (tertiary alicyclic amines) is 1. The van der Waals surface area contributed by atoms with Crippen LogP contribution in [0.25, 0.3) is 0 Å². The van der Waals surface area contributed by atoms with Crippen LogP contribution in [-0.4, -0.2) is 29.3 Å². The Labute approximate surface area is 85.2 Å². The summed E-state index contributed by atoms with van der Waals surface area (Å²) in [7, 11) is 0. The van der Waals surface area contributed by atoms with E-state index < -0.39 is 0 Å². The van der Waals surface area contributed by atoms with Gasteiger partial charge in [-0.2, -0.15) is 0 Å². The van der Waals surface area contributed by atoms with Crippen LogP contribution >= 0.6 is 11.6 Å². The molecule has 0 bridgehead atoms.